The van der Waals surface area contributed by atoms with Gasteiger partial charge in [-0.2, -0.15) is 0 Å². The molecule has 0 atom stereocenters. The number of anilines is 1. The monoisotopic (exact) mass is 349 g/mol. The number of nitrogens with one attached hydrogen (secondary N) is 1. The summed E-state index contributed by atoms with van der Waals surface area (Å²) in [6.07, 6.45) is -0.522. The third-order valence-electron chi connectivity index (χ3n) is 3.28. The van der Waals surface area contributed by atoms with E-state index in [1.165, 1.54) is 0 Å². The first-order valence-electron chi connectivity index (χ1n) is 8.14. The van der Waals surface area contributed by atoms with Gasteiger partial charge in [0.2, 0.25) is 11.6 Å². The van der Waals surface area contributed by atoms with Crippen molar-refractivity contribution >= 4 is 11.8 Å². The van der Waals surface area contributed by atoms with E-state index >= 15 is 0 Å². The van der Waals surface area contributed by atoms with E-state index in [2.05, 4.69) is 25.7 Å². The second kappa shape index (κ2) is 7.26. The molecule has 132 valence electrons. The van der Waals surface area contributed by atoms with Gasteiger partial charge in [0.05, 0.1) is 0 Å². The van der Waals surface area contributed by atoms with Crippen molar-refractivity contribution in [3.8, 4) is 22.8 Å². The summed E-state index contributed by atoms with van der Waals surface area (Å²) in [5, 5.41) is 19.2. The van der Waals surface area contributed by atoms with Gasteiger partial charge in [-0.15, -0.1) is 20.4 Å². The third-order valence-corrected chi connectivity index (χ3v) is 3.28. The molecule has 26 heavy (non-hydrogen) atoms. The zero-order valence-electron chi connectivity index (χ0n) is 14.8. The molecule has 3 aromatic rings. The summed E-state index contributed by atoms with van der Waals surface area (Å²) in [7, 11) is 0. The van der Waals surface area contributed by atoms with Gasteiger partial charge in [-0.1, -0.05) is 42.5 Å². The maximum Gasteiger partial charge on any atom is 0.412 e. The molecule has 0 radical (unpaired) electrons. The van der Waals surface area contributed by atoms with Crippen LogP contribution in [0.3, 0.4) is 0 Å². The van der Waals surface area contributed by atoms with E-state index in [9.17, 15) is 4.79 Å². The maximum absolute atomic E-state index is 11.9. The van der Waals surface area contributed by atoms with Crippen LogP contribution in [0.25, 0.3) is 22.8 Å². The van der Waals surface area contributed by atoms with E-state index in [0.29, 0.717) is 22.9 Å². The number of rotatable bonds is 3. The highest BCUT2D eigenvalue weighted by molar-refractivity contribution is 5.85. The van der Waals surface area contributed by atoms with Crippen molar-refractivity contribution < 1.29 is 9.53 Å². The number of carbonyl (C=O) groups is 1. The Balaban J connectivity index is 1.77. The zero-order chi connectivity index (χ0) is 18.6. The lowest BCUT2D eigenvalue weighted by molar-refractivity contribution is 0.0636. The van der Waals surface area contributed by atoms with Crippen LogP contribution in [0.5, 0.6) is 0 Å². The Kier molecular flexibility index (Phi) is 4.88. The fourth-order valence-corrected chi connectivity index (χ4v) is 2.21. The highest BCUT2D eigenvalue weighted by atomic mass is 16.6. The lowest BCUT2D eigenvalue weighted by Gasteiger charge is -2.19. The lowest BCUT2D eigenvalue weighted by atomic mass is 10.2. The minimum Gasteiger partial charge on any atom is -0.444 e. The normalized spacial score (nSPS) is 11.0. The van der Waals surface area contributed by atoms with Gasteiger partial charge < -0.3 is 4.74 Å². The fraction of sp³-hybridized carbons (Fsp3) is 0.211. The number of benzene rings is 2. The van der Waals surface area contributed by atoms with Crippen LogP contribution in [0.2, 0.25) is 0 Å². The highest BCUT2D eigenvalue weighted by Crippen LogP contribution is 2.20. The van der Waals surface area contributed by atoms with Crippen LogP contribution >= 0.6 is 0 Å². The molecule has 0 aliphatic rings. The molecule has 0 saturated heterocycles. The van der Waals surface area contributed by atoms with Crippen LogP contribution in [-0.2, 0) is 4.74 Å². The molecular formula is C19H19N5O2. The van der Waals surface area contributed by atoms with Gasteiger partial charge in [0, 0.05) is 16.8 Å². The number of nitrogens with zero attached hydrogens (tertiary/aromatic N) is 4. The van der Waals surface area contributed by atoms with Crippen molar-refractivity contribution in [1.29, 1.82) is 0 Å². The largest absolute Gasteiger partial charge is 0.444 e. The van der Waals surface area contributed by atoms with Crippen molar-refractivity contribution in [1.82, 2.24) is 20.4 Å². The number of hydrogen-bond acceptors (Lipinski definition) is 6. The summed E-state index contributed by atoms with van der Waals surface area (Å²) < 4.78 is 5.25. The minimum atomic E-state index is -0.564. The van der Waals surface area contributed by atoms with Gasteiger partial charge in [-0.3, -0.25) is 5.32 Å². The molecule has 0 aliphatic heterocycles. The fourth-order valence-electron chi connectivity index (χ4n) is 2.21. The number of ether oxygens (including phenoxy) is 1. The van der Waals surface area contributed by atoms with Gasteiger partial charge in [0.15, 0.2) is 0 Å². The molecule has 3 rings (SSSR count). The first-order chi connectivity index (χ1) is 12.4. The molecule has 7 heteroatoms. The van der Waals surface area contributed by atoms with E-state index < -0.39 is 11.7 Å². The first kappa shape index (κ1) is 17.5. The van der Waals surface area contributed by atoms with E-state index in [1.807, 2.05) is 57.2 Å². The van der Waals surface area contributed by atoms with Gasteiger partial charge in [-0.05, 0) is 32.9 Å². The summed E-state index contributed by atoms with van der Waals surface area (Å²) >= 11 is 0. The zero-order valence-corrected chi connectivity index (χ0v) is 14.8. The van der Waals surface area contributed by atoms with Crippen LogP contribution in [0.1, 0.15) is 20.8 Å². The van der Waals surface area contributed by atoms with E-state index in [4.69, 9.17) is 4.74 Å². The van der Waals surface area contributed by atoms with Gasteiger partial charge in [-0.25, -0.2) is 4.79 Å². The lowest BCUT2D eigenvalue weighted by Crippen LogP contribution is -2.27. The molecule has 1 N–H and O–H groups in total. The SMILES string of the molecule is CC(C)(C)OC(=O)Nc1cccc(-c2nnc(-c3ccccc3)nn2)c1. The smallest absolute Gasteiger partial charge is 0.412 e. The molecule has 2 aromatic carbocycles. The molecule has 1 heterocycles. The van der Waals surface area contributed by atoms with Crippen molar-refractivity contribution in [2.24, 2.45) is 0 Å². The van der Waals surface area contributed by atoms with E-state index in [-0.39, 0.29) is 0 Å². The Bertz CT molecular complexity index is 890. The second-order valence-electron chi connectivity index (χ2n) is 6.62. The summed E-state index contributed by atoms with van der Waals surface area (Å²) in [4.78, 5) is 11.9. The molecule has 0 unspecified atom stereocenters. The number of carbonyl (C=O) groups excluding carboxylic acids is 1. The van der Waals surface area contributed by atoms with Crippen molar-refractivity contribution in [3.05, 3.63) is 54.6 Å². The molecule has 0 saturated carbocycles. The Morgan fingerprint density at radius 2 is 1.42 bits per heavy atom. The number of aromatic nitrogens is 4. The van der Waals surface area contributed by atoms with Crippen molar-refractivity contribution in [2.45, 2.75) is 26.4 Å². The Hall–Kier alpha value is -3.35. The molecule has 1 aromatic heterocycles. The third kappa shape index (κ3) is 4.60. The van der Waals surface area contributed by atoms with Gasteiger partial charge >= 0.3 is 6.09 Å². The minimum absolute atomic E-state index is 0.373. The van der Waals surface area contributed by atoms with Crippen LogP contribution < -0.4 is 5.32 Å². The maximum atomic E-state index is 11.9. The molecule has 0 spiro atoms. The first-order valence-corrected chi connectivity index (χ1v) is 8.14. The Labute approximate surface area is 151 Å². The number of amides is 1. The molecule has 0 bridgehead atoms. The molecule has 1 amide bonds. The van der Waals surface area contributed by atoms with Crippen LogP contribution in [-0.4, -0.2) is 32.1 Å². The van der Waals surface area contributed by atoms with Gasteiger partial charge in [0.25, 0.3) is 0 Å². The highest BCUT2D eigenvalue weighted by Gasteiger charge is 2.16. The van der Waals surface area contributed by atoms with Crippen molar-refractivity contribution in [2.75, 3.05) is 5.32 Å². The predicted molar refractivity (Wildman–Crippen MR) is 98.4 cm³/mol. The number of hydrogen-bond donors (Lipinski definition) is 1. The van der Waals surface area contributed by atoms with E-state index in [1.54, 1.807) is 18.2 Å². The predicted octanol–water partition coefficient (Wildman–Crippen LogP) is 3.95. The summed E-state index contributed by atoms with van der Waals surface area (Å²) in [6.45, 7) is 5.42. The van der Waals surface area contributed by atoms with Crippen LogP contribution in [0.4, 0.5) is 10.5 Å². The summed E-state index contributed by atoms with van der Waals surface area (Å²) in [6, 6.07) is 16.6. The second-order valence-corrected chi connectivity index (χ2v) is 6.62. The van der Waals surface area contributed by atoms with E-state index in [0.717, 1.165) is 5.56 Å². The molecule has 7 nitrogen and oxygen atoms in total. The Morgan fingerprint density at radius 1 is 0.846 bits per heavy atom. The summed E-state index contributed by atoms with van der Waals surface area (Å²) in [5.41, 5.74) is 1.55. The molecule has 0 fully saturated rings. The van der Waals surface area contributed by atoms with Crippen LogP contribution in [0, 0.1) is 0 Å². The average Bonchev–Trinajstić information content (AvgIpc) is 2.61. The van der Waals surface area contributed by atoms with Crippen LogP contribution in [0.15, 0.2) is 54.6 Å². The molecular weight excluding hydrogens is 330 g/mol. The quantitative estimate of drug-likeness (QED) is 0.770. The Morgan fingerprint density at radius 3 is 2.04 bits per heavy atom. The average molecular weight is 349 g/mol. The topological polar surface area (TPSA) is 89.9 Å². The standard InChI is InChI=1S/C19H19N5O2/c1-19(2,3)26-18(25)20-15-11-7-10-14(12-15)17-23-21-16(22-24-17)13-8-5-4-6-9-13/h4-12H,1-3H3,(H,20,25). The molecule has 0 aliphatic carbocycles. The van der Waals surface area contributed by atoms with Gasteiger partial charge in [0.1, 0.15) is 5.60 Å². The van der Waals surface area contributed by atoms with Crippen molar-refractivity contribution in [3.63, 3.8) is 0 Å². The summed E-state index contributed by atoms with van der Waals surface area (Å²) in [5.74, 6) is 0.829.